The lowest BCUT2D eigenvalue weighted by atomic mass is 9.85. The van der Waals surface area contributed by atoms with Crippen LogP contribution in [0.5, 0.6) is 34.5 Å². The van der Waals surface area contributed by atoms with E-state index in [9.17, 15) is 25.5 Å². The number of hydrogen-bond donors (Lipinski definition) is 5. The van der Waals surface area contributed by atoms with E-state index >= 15 is 0 Å². The first kappa shape index (κ1) is 22.8. The molecule has 6 atom stereocenters. The number of aromatic hydroxyl groups is 4. The zero-order valence-electron chi connectivity index (χ0n) is 19.2. The molecule has 9 heteroatoms. The molecule has 3 aromatic rings. The first-order valence-electron chi connectivity index (χ1n) is 11.8. The molecule has 188 valence electrons. The van der Waals surface area contributed by atoms with Crippen molar-refractivity contribution in [3.05, 3.63) is 71.3 Å². The summed E-state index contributed by atoms with van der Waals surface area (Å²) in [4.78, 5) is 0. The van der Waals surface area contributed by atoms with Gasteiger partial charge in [-0.1, -0.05) is 18.2 Å². The van der Waals surface area contributed by atoms with Crippen LogP contribution in [-0.2, 0) is 9.47 Å². The van der Waals surface area contributed by atoms with Crippen LogP contribution in [0.2, 0.25) is 0 Å². The van der Waals surface area contributed by atoms with E-state index in [1.54, 1.807) is 18.2 Å². The van der Waals surface area contributed by atoms with Gasteiger partial charge in [0.2, 0.25) is 0 Å². The van der Waals surface area contributed by atoms with Gasteiger partial charge in [0.05, 0.1) is 32.0 Å². The highest BCUT2D eigenvalue weighted by atomic mass is 16.6. The van der Waals surface area contributed by atoms with Gasteiger partial charge in [0.15, 0.2) is 46.7 Å². The summed E-state index contributed by atoms with van der Waals surface area (Å²) in [7, 11) is 0. The van der Waals surface area contributed by atoms with E-state index in [0.717, 1.165) is 11.1 Å². The van der Waals surface area contributed by atoms with E-state index in [-0.39, 0.29) is 53.6 Å². The zero-order chi connectivity index (χ0) is 25.0. The Morgan fingerprint density at radius 1 is 0.583 bits per heavy atom. The summed E-state index contributed by atoms with van der Waals surface area (Å²) >= 11 is 0. The number of aliphatic hydroxyl groups excluding tert-OH is 1. The number of rotatable bonds is 4. The van der Waals surface area contributed by atoms with E-state index in [1.165, 1.54) is 24.3 Å². The second-order valence-corrected chi connectivity index (χ2v) is 9.42. The van der Waals surface area contributed by atoms with Gasteiger partial charge in [0, 0.05) is 17.4 Å². The second-order valence-electron chi connectivity index (χ2n) is 9.42. The number of ether oxygens (including phenoxy) is 4. The van der Waals surface area contributed by atoms with Gasteiger partial charge < -0.3 is 44.5 Å². The highest BCUT2D eigenvalue weighted by molar-refractivity contribution is 5.48. The predicted molar refractivity (Wildman–Crippen MR) is 125 cm³/mol. The molecule has 0 unspecified atom stereocenters. The Hall–Kier alpha value is -3.66. The molecule has 3 aliphatic heterocycles. The maximum Gasteiger partial charge on any atom is 0.163 e. The summed E-state index contributed by atoms with van der Waals surface area (Å²) in [6.07, 6.45) is -1.86. The maximum atomic E-state index is 9.93. The summed E-state index contributed by atoms with van der Waals surface area (Å²) in [5.41, 5.74) is 2.25. The normalized spacial score (nSPS) is 28.7. The molecule has 3 aliphatic rings. The van der Waals surface area contributed by atoms with Crippen molar-refractivity contribution < 1.29 is 44.5 Å². The minimum Gasteiger partial charge on any atom is -0.504 e. The number of phenols is 4. The van der Waals surface area contributed by atoms with Gasteiger partial charge in [0.25, 0.3) is 0 Å². The fraction of sp³-hybridized carbons (Fsp3) is 0.333. The first-order valence-corrected chi connectivity index (χ1v) is 11.8. The van der Waals surface area contributed by atoms with Crippen LogP contribution in [0.15, 0.2) is 54.6 Å². The van der Waals surface area contributed by atoms with E-state index in [2.05, 4.69) is 0 Å². The summed E-state index contributed by atoms with van der Waals surface area (Å²) < 4.78 is 24.5. The van der Waals surface area contributed by atoms with Crippen LogP contribution in [0, 0.1) is 11.8 Å². The van der Waals surface area contributed by atoms with Gasteiger partial charge in [-0.05, 0) is 47.5 Å². The summed E-state index contributed by atoms with van der Waals surface area (Å²) in [6, 6.07) is 14.7. The summed E-state index contributed by atoms with van der Waals surface area (Å²) in [6.45, 7) is 0.671. The average Bonchev–Trinajstić information content (AvgIpc) is 3.49. The van der Waals surface area contributed by atoms with Crippen molar-refractivity contribution in [2.24, 2.45) is 11.8 Å². The van der Waals surface area contributed by atoms with E-state index in [4.69, 9.17) is 18.9 Å². The van der Waals surface area contributed by atoms with Crippen LogP contribution in [-0.4, -0.2) is 51.5 Å². The third-order valence-corrected chi connectivity index (χ3v) is 7.27. The molecule has 0 spiro atoms. The Kier molecular flexibility index (Phi) is 5.55. The lowest BCUT2D eigenvalue weighted by molar-refractivity contribution is -0.0130. The minimum absolute atomic E-state index is 0.0821. The molecule has 9 nitrogen and oxygen atoms in total. The van der Waals surface area contributed by atoms with Crippen molar-refractivity contribution in [3.63, 3.8) is 0 Å². The summed E-state index contributed by atoms with van der Waals surface area (Å²) in [5.74, 6) is 0.269. The van der Waals surface area contributed by atoms with Crippen LogP contribution in [0.25, 0.3) is 0 Å². The molecule has 0 saturated carbocycles. The van der Waals surface area contributed by atoms with Crippen molar-refractivity contribution in [1.82, 2.24) is 0 Å². The number of benzene rings is 3. The Labute approximate surface area is 206 Å². The van der Waals surface area contributed by atoms with Gasteiger partial charge in [-0.3, -0.25) is 0 Å². The lowest BCUT2D eigenvalue weighted by Crippen LogP contribution is -2.36. The summed E-state index contributed by atoms with van der Waals surface area (Å²) in [5, 5.41) is 49.0. The monoisotopic (exact) mass is 494 g/mol. The molecular formula is C27H26O9. The Morgan fingerprint density at radius 2 is 1.11 bits per heavy atom. The molecule has 5 N–H and O–H groups in total. The second kappa shape index (κ2) is 8.77. The van der Waals surface area contributed by atoms with Gasteiger partial charge in [-0.25, -0.2) is 0 Å². The zero-order valence-corrected chi connectivity index (χ0v) is 19.2. The molecule has 36 heavy (non-hydrogen) atoms. The predicted octanol–water partition coefficient (Wildman–Crippen LogP) is 3.46. The van der Waals surface area contributed by atoms with Gasteiger partial charge in [-0.2, -0.15) is 0 Å². The fourth-order valence-electron chi connectivity index (χ4n) is 5.41. The van der Waals surface area contributed by atoms with Gasteiger partial charge >= 0.3 is 0 Å². The third kappa shape index (κ3) is 3.76. The van der Waals surface area contributed by atoms with Crippen LogP contribution in [0.4, 0.5) is 0 Å². The average molecular weight is 494 g/mol. The van der Waals surface area contributed by atoms with Crippen LogP contribution in [0.3, 0.4) is 0 Å². The highest BCUT2D eigenvalue weighted by Crippen LogP contribution is 2.52. The van der Waals surface area contributed by atoms with Crippen molar-refractivity contribution in [2.75, 3.05) is 19.8 Å². The quantitative estimate of drug-likeness (QED) is 0.345. The van der Waals surface area contributed by atoms with Crippen LogP contribution < -0.4 is 9.47 Å². The van der Waals surface area contributed by atoms with Gasteiger partial charge in [0.1, 0.15) is 0 Å². The number of fused-ring (bicyclic) bond motifs is 2. The highest BCUT2D eigenvalue weighted by Gasteiger charge is 2.48. The molecular weight excluding hydrogens is 468 g/mol. The molecule has 6 rings (SSSR count). The van der Waals surface area contributed by atoms with Crippen LogP contribution in [0.1, 0.15) is 35.0 Å². The SMILES string of the molecule is OC[C@H]1Oc2ccc([C@H]3OC[C@H]4[C@@H]3CO[C@@H]4c3ccc(O)c(O)c3)cc2O[C@H]1c1ccc(O)c(O)c1. The molecule has 0 aliphatic carbocycles. The van der Waals surface area contributed by atoms with Crippen molar-refractivity contribution in [2.45, 2.75) is 24.4 Å². The third-order valence-electron chi connectivity index (χ3n) is 7.27. The molecule has 2 saturated heterocycles. The number of aliphatic hydroxyl groups is 1. The molecule has 2 fully saturated rings. The molecule has 0 aromatic heterocycles. The standard InChI is InChI=1S/C27H26O9/c28-10-24-27(14-2-5-19(30)21(32)8-14)36-23-9-15(3-6-22(23)35-24)26-17-12-33-25(16(17)11-34-26)13-1-4-18(29)20(31)7-13/h1-9,16-17,24-32H,10-12H2/t16-,17-,24+,25+,26+,27-/m0/s1. The van der Waals surface area contributed by atoms with Crippen molar-refractivity contribution in [3.8, 4) is 34.5 Å². The van der Waals surface area contributed by atoms with E-state index in [0.29, 0.717) is 30.3 Å². The Morgan fingerprint density at radius 3 is 1.67 bits per heavy atom. The van der Waals surface area contributed by atoms with Crippen LogP contribution >= 0.6 is 0 Å². The van der Waals surface area contributed by atoms with Crippen molar-refractivity contribution >= 4 is 0 Å². The van der Waals surface area contributed by atoms with Gasteiger partial charge in [-0.15, -0.1) is 0 Å². The number of phenolic OH excluding ortho intramolecular Hbond substituents is 4. The molecule has 0 amide bonds. The fourth-order valence-corrected chi connectivity index (χ4v) is 5.41. The first-order chi connectivity index (χ1) is 17.4. The largest absolute Gasteiger partial charge is 0.504 e. The molecule has 0 bridgehead atoms. The smallest absolute Gasteiger partial charge is 0.163 e. The van der Waals surface area contributed by atoms with E-state index in [1.807, 2.05) is 12.1 Å². The lowest BCUT2D eigenvalue weighted by Gasteiger charge is -2.34. The van der Waals surface area contributed by atoms with Crippen molar-refractivity contribution in [1.29, 1.82) is 0 Å². The Bertz CT molecular complexity index is 1290. The topological polar surface area (TPSA) is 138 Å². The molecule has 3 heterocycles. The maximum absolute atomic E-state index is 9.93. The Balaban J connectivity index is 1.25. The van der Waals surface area contributed by atoms with E-state index < -0.39 is 12.2 Å². The minimum atomic E-state index is -0.692. The molecule has 0 radical (unpaired) electrons. The number of hydrogen-bond acceptors (Lipinski definition) is 9. The molecule has 3 aromatic carbocycles.